The highest BCUT2D eigenvalue weighted by atomic mass is 16.5. The molecule has 0 saturated heterocycles. The molecule has 0 saturated carbocycles. The summed E-state index contributed by atoms with van der Waals surface area (Å²) in [6.45, 7) is 7.65. The molecule has 0 radical (unpaired) electrons. The Kier molecular flexibility index (Phi) is 5.99. The first-order valence-corrected chi connectivity index (χ1v) is 6.53. The van der Waals surface area contributed by atoms with Crippen LogP contribution in [0.4, 0.5) is 0 Å². The van der Waals surface area contributed by atoms with Gasteiger partial charge in [-0.15, -0.1) is 0 Å². The van der Waals surface area contributed by atoms with E-state index in [0.29, 0.717) is 19.7 Å². The number of carbonyl (C=O) groups is 1. The smallest absolute Gasteiger partial charge is 0.234 e. The van der Waals surface area contributed by atoms with Crippen molar-refractivity contribution in [3.05, 3.63) is 35.4 Å². The maximum absolute atomic E-state index is 11.9. The SMILES string of the molecule is COCCNCC(=O)NC(C)(C)c1cccc(C)c1. The van der Waals surface area contributed by atoms with Crippen molar-refractivity contribution in [2.45, 2.75) is 26.3 Å². The maximum atomic E-state index is 11.9. The fraction of sp³-hybridized carbons (Fsp3) is 0.533. The second-order valence-electron chi connectivity index (χ2n) is 5.21. The van der Waals surface area contributed by atoms with Crippen molar-refractivity contribution >= 4 is 5.91 Å². The molecule has 1 rings (SSSR count). The van der Waals surface area contributed by atoms with Crippen molar-refractivity contribution in [2.75, 3.05) is 26.8 Å². The highest BCUT2D eigenvalue weighted by Gasteiger charge is 2.22. The van der Waals surface area contributed by atoms with E-state index in [0.717, 1.165) is 5.56 Å². The summed E-state index contributed by atoms with van der Waals surface area (Å²) in [5.74, 6) is -0.0115. The zero-order chi connectivity index (χ0) is 14.3. The summed E-state index contributed by atoms with van der Waals surface area (Å²) in [6.07, 6.45) is 0. The molecule has 106 valence electrons. The topological polar surface area (TPSA) is 50.4 Å². The molecule has 0 heterocycles. The summed E-state index contributed by atoms with van der Waals surface area (Å²) < 4.78 is 4.91. The Balaban J connectivity index is 2.52. The summed E-state index contributed by atoms with van der Waals surface area (Å²) in [6, 6.07) is 8.19. The second-order valence-corrected chi connectivity index (χ2v) is 5.21. The van der Waals surface area contributed by atoms with Crippen LogP contribution in [0.3, 0.4) is 0 Å². The molecule has 1 aromatic rings. The van der Waals surface area contributed by atoms with E-state index in [1.165, 1.54) is 5.56 Å². The van der Waals surface area contributed by atoms with Crippen LogP contribution in [0.1, 0.15) is 25.0 Å². The van der Waals surface area contributed by atoms with Crippen LogP contribution in [0.5, 0.6) is 0 Å². The average Bonchev–Trinajstić information content (AvgIpc) is 2.34. The van der Waals surface area contributed by atoms with Crippen LogP contribution >= 0.6 is 0 Å². The van der Waals surface area contributed by atoms with E-state index in [1.54, 1.807) is 7.11 Å². The molecule has 0 atom stereocenters. The Labute approximate surface area is 115 Å². The van der Waals surface area contributed by atoms with Crippen LogP contribution in [-0.4, -0.2) is 32.7 Å². The number of aryl methyl sites for hydroxylation is 1. The number of carbonyl (C=O) groups excluding carboxylic acids is 1. The van der Waals surface area contributed by atoms with Crippen molar-refractivity contribution < 1.29 is 9.53 Å². The van der Waals surface area contributed by atoms with Gasteiger partial charge in [-0.05, 0) is 26.3 Å². The quantitative estimate of drug-likeness (QED) is 0.735. The molecule has 0 unspecified atom stereocenters. The number of rotatable bonds is 7. The largest absolute Gasteiger partial charge is 0.383 e. The van der Waals surface area contributed by atoms with E-state index in [4.69, 9.17) is 4.74 Å². The van der Waals surface area contributed by atoms with E-state index >= 15 is 0 Å². The van der Waals surface area contributed by atoms with Crippen molar-refractivity contribution in [3.8, 4) is 0 Å². The third-order valence-electron chi connectivity index (χ3n) is 2.96. The van der Waals surface area contributed by atoms with Gasteiger partial charge in [0.15, 0.2) is 0 Å². The Morgan fingerprint density at radius 1 is 1.37 bits per heavy atom. The van der Waals surface area contributed by atoms with E-state index in [2.05, 4.69) is 16.7 Å². The van der Waals surface area contributed by atoms with E-state index < -0.39 is 0 Å². The molecule has 0 fully saturated rings. The number of ether oxygens (including phenoxy) is 1. The minimum atomic E-state index is -0.369. The molecular formula is C15H24N2O2. The van der Waals surface area contributed by atoms with Gasteiger partial charge in [0.1, 0.15) is 0 Å². The monoisotopic (exact) mass is 264 g/mol. The molecule has 0 aromatic heterocycles. The molecule has 4 nitrogen and oxygen atoms in total. The zero-order valence-electron chi connectivity index (χ0n) is 12.2. The first kappa shape index (κ1) is 15.7. The van der Waals surface area contributed by atoms with Crippen LogP contribution < -0.4 is 10.6 Å². The lowest BCUT2D eigenvalue weighted by molar-refractivity contribution is -0.121. The molecular weight excluding hydrogens is 240 g/mol. The molecule has 1 aromatic carbocycles. The number of amides is 1. The molecule has 1 amide bonds. The highest BCUT2D eigenvalue weighted by Crippen LogP contribution is 2.20. The normalized spacial score (nSPS) is 11.4. The average molecular weight is 264 g/mol. The predicted octanol–water partition coefficient (Wildman–Crippen LogP) is 1.58. The van der Waals surface area contributed by atoms with E-state index in [-0.39, 0.29) is 11.4 Å². The van der Waals surface area contributed by atoms with Crippen LogP contribution in [0.25, 0.3) is 0 Å². The summed E-state index contributed by atoms with van der Waals surface area (Å²) in [5, 5.41) is 6.07. The van der Waals surface area contributed by atoms with Gasteiger partial charge in [-0.1, -0.05) is 29.8 Å². The van der Waals surface area contributed by atoms with E-state index in [9.17, 15) is 4.79 Å². The van der Waals surface area contributed by atoms with Crippen LogP contribution in [0, 0.1) is 6.92 Å². The van der Waals surface area contributed by atoms with Gasteiger partial charge >= 0.3 is 0 Å². The Morgan fingerprint density at radius 2 is 2.11 bits per heavy atom. The van der Waals surface area contributed by atoms with Crippen molar-refractivity contribution in [2.24, 2.45) is 0 Å². The lowest BCUT2D eigenvalue weighted by atomic mass is 9.93. The lowest BCUT2D eigenvalue weighted by Crippen LogP contribution is -2.45. The Bertz CT molecular complexity index is 416. The van der Waals surface area contributed by atoms with Gasteiger partial charge < -0.3 is 15.4 Å². The Hall–Kier alpha value is -1.39. The molecule has 4 heteroatoms. The maximum Gasteiger partial charge on any atom is 0.234 e. The number of nitrogens with one attached hydrogen (secondary N) is 2. The number of hydrogen-bond acceptors (Lipinski definition) is 3. The molecule has 19 heavy (non-hydrogen) atoms. The van der Waals surface area contributed by atoms with Gasteiger partial charge in [0, 0.05) is 13.7 Å². The molecule has 0 aliphatic heterocycles. The standard InChI is InChI=1S/C15H24N2O2/c1-12-6-5-7-13(10-12)15(2,3)17-14(18)11-16-8-9-19-4/h5-7,10,16H,8-9,11H2,1-4H3,(H,17,18). The van der Waals surface area contributed by atoms with E-state index in [1.807, 2.05) is 39.0 Å². The Morgan fingerprint density at radius 3 is 2.74 bits per heavy atom. The lowest BCUT2D eigenvalue weighted by Gasteiger charge is -2.27. The first-order chi connectivity index (χ1) is 8.95. The van der Waals surface area contributed by atoms with Gasteiger partial charge in [-0.3, -0.25) is 4.79 Å². The van der Waals surface area contributed by atoms with Gasteiger partial charge in [0.05, 0.1) is 18.7 Å². The predicted molar refractivity (Wildman–Crippen MR) is 77.1 cm³/mol. The van der Waals surface area contributed by atoms with Crippen LogP contribution in [0.2, 0.25) is 0 Å². The van der Waals surface area contributed by atoms with Crippen LogP contribution in [-0.2, 0) is 15.1 Å². The molecule has 0 bridgehead atoms. The zero-order valence-corrected chi connectivity index (χ0v) is 12.2. The van der Waals surface area contributed by atoms with Gasteiger partial charge in [0.25, 0.3) is 0 Å². The first-order valence-electron chi connectivity index (χ1n) is 6.53. The van der Waals surface area contributed by atoms with Crippen LogP contribution in [0.15, 0.2) is 24.3 Å². The van der Waals surface area contributed by atoms with Gasteiger partial charge in [-0.2, -0.15) is 0 Å². The highest BCUT2D eigenvalue weighted by molar-refractivity contribution is 5.79. The number of benzene rings is 1. The minimum Gasteiger partial charge on any atom is -0.383 e. The molecule has 0 aliphatic carbocycles. The minimum absolute atomic E-state index is 0.0115. The van der Waals surface area contributed by atoms with Crippen molar-refractivity contribution in [1.82, 2.24) is 10.6 Å². The number of hydrogen-bond donors (Lipinski definition) is 2. The van der Waals surface area contributed by atoms with Gasteiger partial charge in [-0.25, -0.2) is 0 Å². The summed E-state index contributed by atoms with van der Waals surface area (Å²) >= 11 is 0. The fourth-order valence-corrected chi connectivity index (χ4v) is 1.87. The number of methoxy groups -OCH3 is 1. The molecule has 0 spiro atoms. The second kappa shape index (κ2) is 7.26. The van der Waals surface area contributed by atoms with Crippen molar-refractivity contribution in [1.29, 1.82) is 0 Å². The summed E-state index contributed by atoms with van der Waals surface area (Å²) in [4.78, 5) is 11.9. The third kappa shape index (κ3) is 5.41. The summed E-state index contributed by atoms with van der Waals surface area (Å²) in [7, 11) is 1.64. The van der Waals surface area contributed by atoms with Crippen molar-refractivity contribution in [3.63, 3.8) is 0 Å². The third-order valence-corrected chi connectivity index (χ3v) is 2.96. The molecule has 0 aliphatic rings. The van der Waals surface area contributed by atoms with Gasteiger partial charge in [0.2, 0.25) is 5.91 Å². The summed E-state index contributed by atoms with van der Waals surface area (Å²) in [5.41, 5.74) is 1.93. The molecule has 2 N–H and O–H groups in total. The fourth-order valence-electron chi connectivity index (χ4n) is 1.87.